The van der Waals surface area contributed by atoms with Gasteiger partial charge in [-0.2, -0.15) is 11.8 Å². The molecule has 3 rings (SSSR count). The zero-order chi connectivity index (χ0) is 20.6. The minimum atomic E-state index is 0.0417. The minimum Gasteiger partial charge on any atom is -0.355 e. The average Bonchev–Trinajstić information content (AvgIpc) is 2.72. The standard InChI is InChI=1S/C22H25Cl3N2OS/c23-19-6-2-1-4-18(19)15-29-11-9-26-22(28)17-5-3-10-27(14-17)13-16-7-8-20(24)21(25)12-16/h1-2,4,6-8,12,17H,3,5,9-11,13-15H2,(H,26,28). The first-order chi connectivity index (χ1) is 14.0. The van der Waals surface area contributed by atoms with Gasteiger partial charge >= 0.3 is 0 Å². The molecule has 1 heterocycles. The molecule has 1 saturated heterocycles. The summed E-state index contributed by atoms with van der Waals surface area (Å²) >= 11 is 20.1. The second kappa shape index (κ2) is 11.5. The summed E-state index contributed by atoms with van der Waals surface area (Å²) in [6.45, 7) is 3.24. The van der Waals surface area contributed by atoms with E-state index in [1.165, 1.54) is 0 Å². The van der Waals surface area contributed by atoms with Crippen LogP contribution in [0.1, 0.15) is 24.0 Å². The van der Waals surface area contributed by atoms with E-state index in [0.29, 0.717) is 16.6 Å². The molecule has 1 aliphatic heterocycles. The number of thioether (sulfide) groups is 1. The second-order valence-corrected chi connectivity index (χ2v) is 9.58. The highest BCUT2D eigenvalue weighted by Gasteiger charge is 2.25. The number of hydrogen-bond donors (Lipinski definition) is 1. The molecule has 0 aliphatic carbocycles. The van der Waals surface area contributed by atoms with Gasteiger partial charge in [0, 0.05) is 36.2 Å². The molecule has 0 saturated carbocycles. The number of rotatable bonds is 8. The average molecular weight is 472 g/mol. The van der Waals surface area contributed by atoms with Crippen molar-refractivity contribution in [3.63, 3.8) is 0 Å². The third-order valence-electron chi connectivity index (χ3n) is 5.03. The highest BCUT2D eigenvalue weighted by Crippen LogP contribution is 2.25. The predicted octanol–water partition coefficient (Wildman–Crippen LogP) is 5.91. The van der Waals surface area contributed by atoms with Crippen molar-refractivity contribution < 1.29 is 4.79 Å². The van der Waals surface area contributed by atoms with E-state index in [1.807, 2.05) is 42.5 Å². The van der Waals surface area contributed by atoms with Gasteiger partial charge < -0.3 is 5.32 Å². The van der Waals surface area contributed by atoms with Gasteiger partial charge in [0.1, 0.15) is 0 Å². The molecule has 29 heavy (non-hydrogen) atoms. The van der Waals surface area contributed by atoms with Crippen molar-refractivity contribution in [3.05, 3.63) is 68.7 Å². The van der Waals surface area contributed by atoms with Crippen LogP contribution in [0.2, 0.25) is 15.1 Å². The Morgan fingerprint density at radius 2 is 1.93 bits per heavy atom. The summed E-state index contributed by atoms with van der Waals surface area (Å²) < 4.78 is 0. The number of carbonyl (C=O) groups is 1. The fraction of sp³-hybridized carbons (Fsp3) is 0.409. The molecule has 0 bridgehead atoms. The summed E-state index contributed by atoms with van der Waals surface area (Å²) in [6.07, 6.45) is 1.97. The molecule has 1 amide bonds. The minimum absolute atomic E-state index is 0.0417. The molecule has 3 nitrogen and oxygen atoms in total. The van der Waals surface area contributed by atoms with Gasteiger partial charge in [0.15, 0.2) is 0 Å². The van der Waals surface area contributed by atoms with Crippen LogP contribution in [0, 0.1) is 5.92 Å². The van der Waals surface area contributed by atoms with Crippen molar-refractivity contribution in [3.8, 4) is 0 Å². The molecule has 1 N–H and O–H groups in total. The molecular formula is C22H25Cl3N2OS. The third-order valence-corrected chi connectivity index (χ3v) is 7.14. The van der Waals surface area contributed by atoms with Crippen LogP contribution in [0.25, 0.3) is 0 Å². The van der Waals surface area contributed by atoms with Crippen molar-refractivity contribution in [1.82, 2.24) is 10.2 Å². The molecule has 2 aromatic carbocycles. The molecule has 7 heteroatoms. The van der Waals surface area contributed by atoms with Crippen molar-refractivity contribution in [2.75, 3.05) is 25.4 Å². The summed E-state index contributed by atoms with van der Waals surface area (Å²) in [5.41, 5.74) is 2.26. The molecule has 156 valence electrons. The lowest BCUT2D eigenvalue weighted by atomic mass is 9.96. The van der Waals surface area contributed by atoms with Crippen molar-refractivity contribution in [2.24, 2.45) is 5.92 Å². The van der Waals surface area contributed by atoms with Crippen molar-refractivity contribution in [1.29, 1.82) is 0 Å². The summed E-state index contributed by atoms with van der Waals surface area (Å²) in [5, 5.41) is 5.04. The highest BCUT2D eigenvalue weighted by atomic mass is 35.5. The number of nitrogens with one attached hydrogen (secondary N) is 1. The van der Waals surface area contributed by atoms with E-state index in [-0.39, 0.29) is 11.8 Å². The van der Waals surface area contributed by atoms with E-state index in [9.17, 15) is 4.79 Å². The maximum absolute atomic E-state index is 12.6. The van der Waals surface area contributed by atoms with Gasteiger partial charge in [0.2, 0.25) is 5.91 Å². The number of piperidine rings is 1. The Balaban J connectivity index is 1.39. The quantitative estimate of drug-likeness (QED) is 0.486. The van der Waals surface area contributed by atoms with Crippen LogP contribution < -0.4 is 5.32 Å². The lowest BCUT2D eigenvalue weighted by Crippen LogP contribution is -2.43. The summed E-state index contributed by atoms with van der Waals surface area (Å²) in [6, 6.07) is 13.6. The van der Waals surface area contributed by atoms with E-state index in [0.717, 1.165) is 60.1 Å². The van der Waals surface area contributed by atoms with Crippen molar-refractivity contribution in [2.45, 2.75) is 25.1 Å². The second-order valence-electron chi connectivity index (χ2n) is 7.26. The zero-order valence-corrected chi connectivity index (χ0v) is 19.3. The molecule has 1 fully saturated rings. The van der Waals surface area contributed by atoms with Gasteiger partial charge in [-0.3, -0.25) is 9.69 Å². The van der Waals surface area contributed by atoms with Crippen LogP contribution in [0.3, 0.4) is 0 Å². The van der Waals surface area contributed by atoms with Crippen molar-refractivity contribution >= 4 is 52.5 Å². The number of hydrogen-bond acceptors (Lipinski definition) is 3. The first-order valence-electron chi connectivity index (χ1n) is 9.78. The number of likely N-dealkylation sites (tertiary alicyclic amines) is 1. The maximum Gasteiger partial charge on any atom is 0.224 e. The predicted molar refractivity (Wildman–Crippen MR) is 125 cm³/mol. The Morgan fingerprint density at radius 3 is 2.72 bits per heavy atom. The molecular weight excluding hydrogens is 447 g/mol. The largest absolute Gasteiger partial charge is 0.355 e. The normalized spacial score (nSPS) is 17.3. The van der Waals surface area contributed by atoms with E-state index in [2.05, 4.69) is 10.2 Å². The first kappa shape index (κ1) is 22.8. The number of benzene rings is 2. The highest BCUT2D eigenvalue weighted by molar-refractivity contribution is 7.98. The third kappa shape index (κ3) is 7.08. The molecule has 0 radical (unpaired) electrons. The van der Waals surface area contributed by atoms with Crippen LogP contribution in [-0.4, -0.2) is 36.2 Å². The molecule has 0 aromatic heterocycles. The van der Waals surface area contributed by atoms with E-state index < -0.39 is 0 Å². The van der Waals surface area contributed by atoms with E-state index in [1.54, 1.807) is 11.8 Å². The topological polar surface area (TPSA) is 32.3 Å². The van der Waals surface area contributed by atoms with Gasteiger partial charge in [-0.1, -0.05) is 59.1 Å². The molecule has 1 unspecified atom stereocenters. The Bertz CT molecular complexity index is 833. The molecule has 0 spiro atoms. The smallest absolute Gasteiger partial charge is 0.224 e. The Hall–Kier alpha value is -0.910. The van der Waals surface area contributed by atoms with E-state index in [4.69, 9.17) is 34.8 Å². The number of nitrogens with zero attached hydrogens (tertiary/aromatic N) is 1. The fourth-order valence-electron chi connectivity index (χ4n) is 3.50. The van der Waals surface area contributed by atoms with Crippen LogP contribution >= 0.6 is 46.6 Å². The van der Waals surface area contributed by atoms with Crippen LogP contribution in [0.15, 0.2) is 42.5 Å². The SMILES string of the molecule is O=C(NCCSCc1ccccc1Cl)C1CCCN(Cc2ccc(Cl)c(Cl)c2)C1. The van der Waals surface area contributed by atoms with Crippen LogP contribution in [0.5, 0.6) is 0 Å². The lowest BCUT2D eigenvalue weighted by molar-refractivity contribution is -0.126. The maximum atomic E-state index is 12.6. The van der Waals surface area contributed by atoms with Gasteiger partial charge in [-0.25, -0.2) is 0 Å². The van der Waals surface area contributed by atoms with Gasteiger partial charge in [0.05, 0.1) is 16.0 Å². The van der Waals surface area contributed by atoms with Crippen LogP contribution in [-0.2, 0) is 17.1 Å². The first-order valence-corrected chi connectivity index (χ1v) is 12.1. The Labute approximate surface area is 192 Å². The Morgan fingerprint density at radius 1 is 1.10 bits per heavy atom. The molecule has 1 atom stereocenters. The zero-order valence-electron chi connectivity index (χ0n) is 16.2. The Kier molecular flexibility index (Phi) is 9.01. The summed E-state index contributed by atoms with van der Waals surface area (Å²) in [5.74, 6) is 1.93. The fourth-order valence-corrected chi connectivity index (χ4v) is 4.96. The van der Waals surface area contributed by atoms with Gasteiger partial charge in [0.25, 0.3) is 0 Å². The summed E-state index contributed by atoms with van der Waals surface area (Å²) in [7, 11) is 0. The van der Waals surface area contributed by atoms with E-state index >= 15 is 0 Å². The molecule has 1 aliphatic rings. The van der Waals surface area contributed by atoms with Gasteiger partial charge in [-0.15, -0.1) is 0 Å². The van der Waals surface area contributed by atoms with Crippen LogP contribution in [0.4, 0.5) is 0 Å². The number of halogens is 3. The monoisotopic (exact) mass is 470 g/mol. The molecule has 2 aromatic rings. The summed E-state index contributed by atoms with van der Waals surface area (Å²) in [4.78, 5) is 14.9. The lowest BCUT2D eigenvalue weighted by Gasteiger charge is -2.32. The number of carbonyl (C=O) groups excluding carboxylic acids is 1. The van der Waals surface area contributed by atoms with Gasteiger partial charge in [-0.05, 0) is 48.7 Å². The number of amides is 1.